The molecule has 0 aliphatic carbocycles. The van der Waals surface area contributed by atoms with Gasteiger partial charge in [0.15, 0.2) is 0 Å². The molecule has 1 atom stereocenters. The lowest BCUT2D eigenvalue weighted by molar-refractivity contribution is -0.117. The molecule has 0 spiro atoms. The first-order chi connectivity index (χ1) is 10.1. The van der Waals surface area contributed by atoms with E-state index in [2.05, 4.69) is 22.3 Å². The molecule has 2 aliphatic heterocycles. The van der Waals surface area contributed by atoms with Gasteiger partial charge in [0.1, 0.15) is 11.9 Å². The number of carbonyl (C=O) groups excluding carboxylic acids is 1. The second-order valence-electron chi connectivity index (χ2n) is 5.72. The van der Waals surface area contributed by atoms with E-state index < -0.39 is 0 Å². The van der Waals surface area contributed by atoms with Gasteiger partial charge in [-0.05, 0) is 35.7 Å². The largest absolute Gasteiger partial charge is 0.353 e. The van der Waals surface area contributed by atoms with Crippen LogP contribution in [0.2, 0.25) is 0 Å². The van der Waals surface area contributed by atoms with Crippen molar-refractivity contribution in [3.63, 3.8) is 0 Å². The maximum atomic E-state index is 13.7. The Hall–Kier alpha value is -2.36. The summed E-state index contributed by atoms with van der Waals surface area (Å²) in [4.78, 5) is 14.4. The fraction of sp³-hybridized carbons (Fsp3) is 0.235. The molecule has 106 valence electrons. The van der Waals surface area contributed by atoms with Crippen LogP contribution in [-0.2, 0) is 17.8 Å². The molecule has 2 aromatic carbocycles. The van der Waals surface area contributed by atoms with Gasteiger partial charge in [0, 0.05) is 13.0 Å². The molecule has 4 rings (SSSR count). The van der Waals surface area contributed by atoms with Gasteiger partial charge in [0.05, 0.1) is 11.4 Å². The fourth-order valence-electron chi connectivity index (χ4n) is 3.23. The third-order valence-corrected chi connectivity index (χ3v) is 4.40. The molecular weight excluding hydrogens is 267 g/mol. The molecule has 0 radical (unpaired) electrons. The van der Waals surface area contributed by atoms with Crippen LogP contribution in [0.4, 0.5) is 15.8 Å². The van der Waals surface area contributed by atoms with E-state index in [-0.39, 0.29) is 17.8 Å². The predicted octanol–water partition coefficient (Wildman–Crippen LogP) is 3.02. The Balaban J connectivity index is 1.85. The van der Waals surface area contributed by atoms with Gasteiger partial charge in [0.2, 0.25) is 5.91 Å². The Morgan fingerprint density at radius 2 is 2.00 bits per heavy atom. The number of aryl methyl sites for hydroxylation is 1. The minimum absolute atomic E-state index is 0.0553. The summed E-state index contributed by atoms with van der Waals surface area (Å²) >= 11 is 0. The first kappa shape index (κ1) is 12.4. The van der Waals surface area contributed by atoms with Crippen LogP contribution >= 0.6 is 0 Å². The molecule has 2 heterocycles. The van der Waals surface area contributed by atoms with Crippen molar-refractivity contribution in [3.8, 4) is 0 Å². The number of fused-ring (bicyclic) bond motifs is 4. The van der Waals surface area contributed by atoms with E-state index in [1.807, 2.05) is 18.2 Å². The average Bonchev–Trinajstić information content (AvgIpc) is 2.48. The molecule has 0 fully saturated rings. The molecular formula is C17H15FN2O. The first-order valence-electron chi connectivity index (χ1n) is 7.08. The number of carbonyl (C=O) groups is 1. The Kier molecular flexibility index (Phi) is 2.55. The number of hydrogen-bond acceptors (Lipinski definition) is 2. The summed E-state index contributed by atoms with van der Waals surface area (Å²) in [6.45, 7) is 2.44. The molecule has 1 N–H and O–H groups in total. The van der Waals surface area contributed by atoms with Crippen LogP contribution in [0.5, 0.6) is 0 Å². The second kappa shape index (κ2) is 4.32. The minimum atomic E-state index is -0.287. The number of hydrogen-bond donors (Lipinski definition) is 1. The molecule has 0 saturated carbocycles. The lowest BCUT2D eigenvalue weighted by atomic mass is 9.91. The van der Waals surface area contributed by atoms with E-state index in [1.54, 1.807) is 6.92 Å². The molecule has 4 heteroatoms. The zero-order valence-corrected chi connectivity index (χ0v) is 11.7. The van der Waals surface area contributed by atoms with Crippen molar-refractivity contribution in [1.29, 1.82) is 0 Å². The molecule has 3 nitrogen and oxygen atoms in total. The van der Waals surface area contributed by atoms with Crippen molar-refractivity contribution in [1.82, 2.24) is 0 Å². The van der Waals surface area contributed by atoms with E-state index in [4.69, 9.17) is 0 Å². The number of benzene rings is 2. The van der Waals surface area contributed by atoms with E-state index in [1.165, 1.54) is 17.2 Å². The van der Waals surface area contributed by atoms with Crippen LogP contribution in [0.15, 0.2) is 36.4 Å². The third-order valence-electron chi connectivity index (χ3n) is 4.40. The summed E-state index contributed by atoms with van der Waals surface area (Å²) in [6, 6.07) is 11.2. The van der Waals surface area contributed by atoms with Gasteiger partial charge >= 0.3 is 0 Å². The molecule has 2 aliphatic rings. The van der Waals surface area contributed by atoms with Crippen LogP contribution in [0.3, 0.4) is 0 Å². The zero-order valence-electron chi connectivity index (χ0n) is 11.7. The highest BCUT2D eigenvalue weighted by Gasteiger charge is 2.36. The third kappa shape index (κ3) is 1.82. The summed E-state index contributed by atoms with van der Waals surface area (Å²) in [7, 11) is 0. The van der Waals surface area contributed by atoms with Gasteiger partial charge in [-0.2, -0.15) is 0 Å². The van der Waals surface area contributed by atoms with Crippen molar-refractivity contribution in [3.05, 3.63) is 58.9 Å². The maximum absolute atomic E-state index is 13.7. The van der Waals surface area contributed by atoms with Crippen molar-refractivity contribution in [2.45, 2.75) is 25.9 Å². The Morgan fingerprint density at radius 1 is 1.24 bits per heavy atom. The molecule has 1 unspecified atom stereocenters. The number of rotatable bonds is 0. The first-order valence-corrected chi connectivity index (χ1v) is 7.08. The molecule has 0 bridgehead atoms. The van der Waals surface area contributed by atoms with Crippen LogP contribution in [0.25, 0.3) is 0 Å². The average molecular weight is 282 g/mol. The Labute approximate surface area is 122 Å². The number of nitrogens with one attached hydrogen (secondary N) is 1. The van der Waals surface area contributed by atoms with Gasteiger partial charge in [-0.3, -0.25) is 4.79 Å². The van der Waals surface area contributed by atoms with Crippen molar-refractivity contribution < 1.29 is 9.18 Å². The van der Waals surface area contributed by atoms with Crippen molar-refractivity contribution >= 4 is 17.3 Å². The van der Waals surface area contributed by atoms with Crippen molar-refractivity contribution in [2.24, 2.45) is 0 Å². The number of nitrogens with zero attached hydrogens (tertiary/aromatic N) is 1. The standard InChI is InChI=1S/C17H15FN2O/c1-10-6-15-14(8-13(10)18)19-17(21)16-7-11-4-2-3-5-12(11)9-20(15)16/h2-6,8,16H,7,9H2,1H3,(H,19,21). The SMILES string of the molecule is Cc1cc2c(cc1F)NC(=O)C1Cc3ccccc3CN21. The van der Waals surface area contributed by atoms with Gasteiger partial charge < -0.3 is 10.2 Å². The molecule has 21 heavy (non-hydrogen) atoms. The van der Waals surface area contributed by atoms with Crippen LogP contribution in [0.1, 0.15) is 16.7 Å². The second-order valence-corrected chi connectivity index (χ2v) is 5.72. The maximum Gasteiger partial charge on any atom is 0.247 e. The van der Waals surface area contributed by atoms with E-state index in [0.717, 1.165) is 5.69 Å². The molecule has 1 amide bonds. The summed E-state index contributed by atoms with van der Waals surface area (Å²) in [5.74, 6) is -0.342. The van der Waals surface area contributed by atoms with Gasteiger partial charge in [-0.15, -0.1) is 0 Å². The number of halogens is 1. The van der Waals surface area contributed by atoms with Crippen LogP contribution in [0, 0.1) is 12.7 Å². The monoisotopic (exact) mass is 282 g/mol. The minimum Gasteiger partial charge on any atom is -0.353 e. The van der Waals surface area contributed by atoms with Gasteiger partial charge in [-0.1, -0.05) is 24.3 Å². The molecule has 2 aromatic rings. The summed E-state index contributed by atoms with van der Waals surface area (Å²) in [5.41, 5.74) is 4.53. The van der Waals surface area contributed by atoms with E-state index in [9.17, 15) is 9.18 Å². The highest BCUT2D eigenvalue weighted by Crippen LogP contribution is 2.38. The predicted molar refractivity (Wildman–Crippen MR) is 79.9 cm³/mol. The zero-order chi connectivity index (χ0) is 14.6. The highest BCUT2D eigenvalue weighted by molar-refractivity contribution is 6.04. The Morgan fingerprint density at radius 3 is 2.81 bits per heavy atom. The van der Waals surface area contributed by atoms with Gasteiger partial charge in [-0.25, -0.2) is 4.39 Å². The van der Waals surface area contributed by atoms with Crippen LogP contribution < -0.4 is 10.2 Å². The number of amides is 1. The molecule has 0 aromatic heterocycles. The molecule has 0 saturated heterocycles. The summed E-state index contributed by atoms with van der Waals surface area (Å²) in [6.07, 6.45) is 0.692. The van der Waals surface area contributed by atoms with Gasteiger partial charge in [0.25, 0.3) is 0 Å². The smallest absolute Gasteiger partial charge is 0.247 e. The van der Waals surface area contributed by atoms with E-state index in [0.29, 0.717) is 24.2 Å². The fourth-order valence-corrected chi connectivity index (χ4v) is 3.23. The topological polar surface area (TPSA) is 32.3 Å². The lowest BCUT2D eigenvalue weighted by Gasteiger charge is -2.42. The van der Waals surface area contributed by atoms with Crippen LogP contribution in [-0.4, -0.2) is 11.9 Å². The highest BCUT2D eigenvalue weighted by atomic mass is 19.1. The van der Waals surface area contributed by atoms with Crippen molar-refractivity contribution in [2.75, 3.05) is 10.2 Å². The quantitative estimate of drug-likeness (QED) is 0.805. The lowest BCUT2D eigenvalue weighted by Crippen LogP contribution is -2.51. The normalized spacial score (nSPS) is 19.4. The summed E-state index contributed by atoms with van der Waals surface area (Å²) in [5, 5.41) is 2.84. The summed E-state index contributed by atoms with van der Waals surface area (Å²) < 4.78 is 13.7. The number of anilines is 2. The Bertz CT molecular complexity index is 756. The van der Waals surface area contributed by atoms with E-state index >= 15 is 0 Å².